The third-order valence-electron chi connectivity index (χ3n) is 5.10. The highest BCUT2D eigenvalue weighted by Crippen LogP contribution is 2.29. The van der Waals surface area contributed by atoms with Gasteiger partial charge in [0.05, 0.1) is 7.11 Å². The van der Waals surface area contributed by atoms with E-state index in [2.05, 4.69) is 10.1 Å². The number of para-hydroxylation sites is 1. The first kappa shape index (κ1) is 25.5. The van der Waals surface area contributed by atoms with Crippen molar-refractivity contribution in [1.29, 1.82) is 0 Å². The second kappa shape index (κ2) is 12.4. The van der Waals surface area contributed by atoms with Crippen LogP contribution in [0, 0.1) is 0 Å². The molecular weight excluding hydrogens is 464 g/mol. The fraction of sp³-hybridized carbons (Fsp3) is 0.292. The maximum absolute atomic E-state index is 12.4. The van der Waals surface area contributed by atoms with Crippen LogP contribution in [0.15, 0.2) is 54.6 Å². The zero-order chi connectivity index (χ0) is 25.2. The number of esters is 1. The minimum Gasteiger partial charge on any atom is -0.493 e. The molecule has 35 heavy (non-hydrogen) atoms. The van der Waals surface area contributed by atoms with Gasteiger partial charge in [-0.25, -0.2) is 9.59 Å². The van der Waals surface area contributed by atoms with E-state index in [-0.39, 0.29) is 23.4 Å². The summed E-state index contributed by atoms with van der Waals surface area (Å²) >= 11 is 0. The largest absolute Gasteiger partial charge is 0.493 e. The van der Waals surface area contributed by atoms with Gasteiger partial charge in [-0.1, -0.05) is 24.3 Å². The number of anilines is 1. The molecule has 2 aromatic rings. The molecule has 9 nitrogen and oxygen atoms in total. The van der Waals surface area contributed by atoms with Crippen molar-refractivity contribution < 1.29 is 37.4 Å². The number of hydrogen-bond donors (Lipinski definition) is 1. The van der Waals surface area contributed by atoms with E-state index in [1.807, 2.05) is 18.2 Å². The zero-order valence-electron chi connectivity index (χ0n) is 19.0. The highest BCUT2D eigenvalue weighted by atomic mass is 19.3. The van der Waals surface area contributed by atoms with E-state index in [9.17, 15) is 23.2 Å². The van der Waals surface area contributed by atoms with Crippen molar-refractivity contribution in [1.82, 2.24) is 9.80 Å². The molecule has 1 saturated heterocycles. The van der Waals surface area contributed by atoms with Crippen LogP contribution in [0.25, 0.3) is 6.08 Å². The fourth-order valence-electron chi connectivity index (χ4n) is 3.30. The van der Waals surface area contributed by atoms with Crippen LogP contribution in [-0.4, -0.2) is 74.2 Å². The maximum Gasteiger partial charge on any atom is 0.387 e. The molecule has 0 bridgehead atoms. The smallest absolute Gasteiger partial charge is 0.387 e. The van der Waals surface area contributed by atoms with Crippen LogP contribution in [0.2, 0.25) is 0 Å². The first-order valence-electron chi connectivity index (χ1n) is 10.7. The molecule has 0 unspecified atom stereocenters. The van der Waals surface area contributed by atoms with Crippen LogP contribution >= 0.6 is 0 Å². The van der Waals surface area contributed by atoms with E-state index in [1.165, 1.54) is 36.3 Å². The molecule has 0 aliphatic carbocycles. The quantitative estimate of drug-likeness (QED) is 0.452. The third kappa shape index (κ3) is 7.70. The molecule has 0 radical (unpaired) electrons. The van der Waals surface area contributed by atoms with E-state index >= 15 is 0 Å². The van der Waals surface area contributed by atoms with Gasteiger partial charge in [0.1, 0.15) is 0 Å². The summed E-state index contributed by atoms with van der Waals surface area (Å²) < 4.78 is 39.2. The van der Waals surface area contributed by atoms with Gasteiger partial charge >= 0.3 is 18.6 Å². The first-order valence-corrected chi connectivity index (χ1v) is 10.7. The van der Waals surface area contributed by atoms with Crippen LogP contribution in [0.3, 0.4) is 0 Å². The van der Waals surface area contributed by atoms with Crippen LogP contribution in [0.4, 0.5) is 19.3 Å². The standard InChI is InChI=1S/C24H25F2N3O6/c1-33-20-15-17(7-9-19(20)35-23(25)26)8-10-22(31)34-16-21(30)28-11-13-29(14-12-28)24(32)27-18-5-3-2-4-6-18/h2-10,15,23H,11-14,16H2,1H3,(H,27,32)/b10-8+. The zero-order valence-corrected chi connectivity index (χ0v) is 19.0. The Morgan fingerprint density at radius 1 is 1.00 bits per heavy atom. The molecule has 0 saturated carbocycles. The lowest BCUT2D eigenvalue weighted by molar-refractivity contribution is -0.148. The number of ether oxygens (including phenoxy) is 3. The lowest BCUT2D eigenvalue weighted by Gasteiger charge is -2.34. The van der Waals surface area contributed by atoms with Gasteiger partial charge in [0.2, 0.25) is 0 Å². The highest BCUT2D eigenvalue weighted by Gasteiger charge is 2.24. The van der Waals surface area contributed by atoms with Crippen molar-refractivity contribution in [3.63, 3.8) is 0 Å². The van der Waals surface area contributed by atoms with E-state index < -0.39 is 19.2 Å². The number of halogens is 2. The summed E-state index contributed by atoms with van der Waals surface area (Å²) in [5, 5.41) is 2.80. The summed E-state index contributed by atoms with van der Waals surface area (Å²) in [4.78, 5) is 39.8. The van der Waals surface area contributed by atoms with E-state index in [0.717, 1.165) is 6.08 Å². The number of piperazine rings is 1. The predicted molar refractivity (Wildman–Crippen MR) is 123 cm³/mol. The summed E-state index contributed by atoms with van der Waals surface area (Å²) in [7, 11) is 1.30. The van der Waals surface area contributed by atoms with Gasteiger partial charge in [-0.3, -0.25) is 4.79 Å². The Morgan fingerprint density at radius 3 is 2.34 bits per heavy atom. The lowest BCUT2D eigenvalue weighted by atomic mass is 10.2. The Bertz CT molecular complexity index is 1060. The average Bonchev–Trinajstić information content (AvgIpc) is 2.87. The summed E-state index contributed by atoms with van der Waals surface area (Å²) in [6, 6.07) is 13.0. The van der Waals surface area contributed by atoms with Crippen molar-refractivity contribution in [3.8, 4) is 11.5 Å². The maximum atomic E-state index is 12.4. The Morgan fingerprint density at radius 2 is 1.69 bits per heavy atom. The number of rotatable bonds is 8. The molecule has 11 heteroatoms. The topological polar surface area (TPSA) is 97.4 Å². The van der Waals surface area contributed by atoms with Gasteiger partial charge in [-0.15, -0.1) is 0 Å². The van der Waals surface area contributed by atoms with E-state index in [4.69, 9.17) is 9.47 Å². The van der Waals surface area contributed by atoms with Gasteiger partial charge in [0.15, 0.2) is 18.1 Å². The molecular formula is C24H25F2N3O6. The molecule has 0 aromatic heterocycles. The van der Waals surface area contributed by atoms with Crippen LogP contribution < -0.4 is 14.8 Å². The number of alkyl halides is 2. The average molecular weight is 489 g/mol. The van der Waals surface area contributed by atoms with Gasteiger partial charge in [-0.05, 0) is 35.9 Å². The van der Waals surface area contributed by atoms with Gasteiger partial charge in [0.25, 0.3) is 5.91 Å². The molecule has 1 heterocycles. The molecule has 1 aliphatic heterocycles. The molecule has 186 valence electrons. The summed E-state index contributed by atoms with van der Waals surface area (Å²) in [6.07, 6.45) is 2.51. The monoisotopic (exact) mass is 489 g/mol. The summed E-state index contributed by atoms with van der Waals surface area (Å²) in [6.45, 7) is -2.09. The van der Waals surface area contributed by atoms with Crippen molar-refractivity contribution in [2.45, 2.75) is 6.61 Å². The fourth-order valence-corrected chi connectivity index (χ4v) is 3.30. The second-order valence-corrected chi connectivity index (χ2v) is 7.39. The van der Waals surface area contributed by atoms with Crippen LogP contribution in [0.1, 0.15) is 5.56 Å². The molecule has 3 amide bonds. The molecule has 1 aliphatic rings. The molecule has 0 spiro atoms. The summed E-state index contributed by atoms with van der Waals surface area (Å²) in [5.41, 5.74) is 1.17. The minimum absolute atomic E-state index is 0.0765. The number of methoxy groups -OCH3 is 1. The van der Waals surface area contributed by atoms with Crippen LogP contribution in [-0.2, 0) is 14.3 Å². The van der Waals surface area contributed by atoms with Crippen LogP contribution in [0.5, 0.6) is 11.5 Å². The second-order valence-electron chi connectivity index (χ2n) is 7.39. The number of carbonyl (C=O) groups excluding carboxylic acids is 3. The van der Waals surface area contributed by atoms with Crippen molar-refractivity contribution in [2.24, 2.45) is 0 Å². The van der Waals surface area contributed by atoms with Crippen molar-refractivity contribution in [2.75, 3.05) is 45.2 Å². The van der Waals surface area contributed by atoms with Gasteiger partial charge in [-0.2, -0.15) is 8.78 Å². The van der Waals surface area contributed by atoms with E-state index in [0.29, 0.717) is 37.4 Å². The Labute approximate surface area is 200 Å². The number of benzene rings is 2. The lowest BCUT2D eigenvalue weighted by Crippen LogP contribution is -2.52. The highest BCUT2D eigenvalue weighted by molar-refractivity contribution is 5.90. The molecule has 1 fully saturated rings. The third-order valence-corrected chi connectivity index (χ3v) is 5.10. The number of nitrogens with zero attached hydrogens (tertiary/aromatic N) is 2. The molecule has 2 aromatic carbocycles. The SMILES string of the molecule is COc1cc(/C=C/C(=O)OCC(=O)N2CCN(C(=O)Nc3ccccc3)CC2)ccc1OC(F)F. The van der Waals surface area contributed by atoms with Crippen molar-refractivity contribution in [3.05, 3.63) is 60.2 Å². The Balaban J connectivity index is 1.42. The molecule has 0 atom stereocenters. The molecule has 1 N–H and O–H groups in total. The van der Waals surface area contributed by atoms with Crippen molar-refractivity contribution >= 4 is 29.7 Å². The number of amides is 3. The number of nitrogens with one attached hydrogen (secondary N) is 1. The van der Waals surface area contributed by atoms with Gasteiger partial charge < -0.3 is 29.3 Å². The number of urea groups is 1. The minimum atomic E-state index is -2.99. The Kier molecular flexibility index (Phi) is 8.99. The number of carbonyl (C=O) groups is 3. The Hall–Kier alpha value is -4.15. The normalized spacial score (nSPS) is 13.6. The van der Waals surface area contributed by atoms with Gasteiger partial charge in [0, 0.05) is 37.9 Å². The summed E-state index contributed by atoms with van der Waals surface area (Å²) in [5.74, 6) is -1.17. The van der Waals surface area contributed by atoms with E-state index in [1.54, 1.807) is 17.0 Å². The molecule has 3 rings (SSSR count). The predicted octanol–water partition coefficient (Wildman–Crippen LogP) is 3.23. The number of hydrogen-bond acceptors (Lipinski definition) is 6. The first-order chi connectivity index (χ1) is 16.9.